The molecule has 0 spiro atoms. The van der Waals surface area contributed by atoms with Gasteiger partial charge in [0.05, 0.1) is 0 Å². The molecule has 0 aliphatic carbocycles. The van der Waals surface area contributed by atoms with Crippen molar-refractivity contribution in [2.24, 2.45) is 22.9 Å². The van der Waals surface area contributed by atoms with Crippen molar-refractivity contribution in [2.45, 2.75) is 43.9 Å². The number of nitrogens with zero attached hydrogens (tertiary/aromatic N) is 5. The predicted octanol–water partition coefficient (Wildman–Crippen LogP) is -0.989. The van der Waals surface area contributed by atoms with Crippen molar-refractivity contribution in [3.8, 4) is 0 Å². The van der Waals surface area contributed by atoms with Crippen LogP contribution in [-0.2, 0) is 0 Å². The molecule has 3 rings (SSSR count). The largest absolute Gasteiger partial charge is 0.350 e. The standard InChI is InChI=1S/C17H32N10.ClH/c1-10(2)5-22-15-23-16(26-6-11(18)3-12(19)7-26)25-17(24-15)27-8-13(20)4-14(21)9-27;/h11-14H,1,3-9,18-21H2,2H3,(H,22,23,24,25);1H/t11-,12+,13-,14+;. The number of halogens is 1. The average molecular weight is 413 g/mol. The van der Waals surface area contributed by atoms with Crippen molar-refractivity contribution < 1.29 is 0 Å². The van der Waals surface area contributed by atoms with Crippen LogP contribution in [0.4, 0.5) is 17.8 Å². The van der Waals surface area contributed by atoms with E-state index in [2.05, 4.69) is 21.9 Å². The van der Waals surface area contributed by atoms with E-state index in [0.717, 1.165) is 18.4 Å². The summed E-state index contributed by atoms with van der Waals surface area (Å²) in [7, 11) is 0. The lowest BCUT2D eigenvalue weighted by molar-refractivity contribution is 0.441. The van der Waals surface area contributed by atoms with E-state index in [4.69, 9.17) is 27.9 Å². The number of rotatable bonds is 5. The highest BCUT2D eigenvalue weighted by Gasteiger charge is 2.28. The Morgan fingerprint density at radius 1 is 0.893 bits per heavy atom. The average Bonchev–Trinajstić information content (AvgIpc) is 2.58. The van der Waals surface area contributed by atoms with Crippen LogP contribution in [0.2, 0.25) is 0 Å². The minimum atomic E-state index is -0.00220. The Kier molecular flexibility index (Phi) is 7.79. The second-order valence-corrected chi connectivity index (χ2v) is 7.89. The molecule has 11 heteroatoms. The van der Waals surface area contributed by atoms with E-state index in [-0.39, 0.29) is 36.6 Å². The summed E-state index contributed by atoms with van der Waals surface area (Å²) in [5.74, 6) is 1.64. The number of nitrogens with one attached hydrogen (secondary N) is 1. The van der Waals surface area contributed by atoms with Crippen LogP contribution >= 0.6 is 12.4 Å². The minimum absolute atomic E-state index is 0. The van der Waals surface area contributed by atoms with Gasteiger partial charge in [-0.2, -0.15) is 15.0 Å². The van der Waals surface area contributed by atoms with Gasteiger partial charge in [-0.3, -0.25) is 0 Å². The quantitative estimate of drug-likeness (QED) is 0.379. The Labute approximate surface area is 172 Å². The van der Waals surface area contributed by atoms with Crippen LogP contribution in [0, 0.1) is 0 Å². The highest BCUT2D eigenvalue weighted by atomic mass is 35.5. The van der Waals surface area contributed by atoms with Gasteiger partial charge in [0.25, 0.3) is 0 Å². The number of hydrogen-bond donors (Lipinski definition) is 5. The Morgan fingerprint density at radius 3 is 1.64 bits per heavy atom. The molecule has 0 unspecified atom stereocenters. The molecule has 1 aromatic rings. The molecule has 2 aliphatic rings. The van der Waals surface area contributed by atoms with E-state index in [9.17, 15) is 0 Å². The van der Waals surface area contributed by atoms with Gasteiger partial charge < -0.3 is 38.1 Å². The third-order valence-corrected chi connectivity index (χ3v) is 4.76. The van der Waals surface area contributed by atoms with Crippen LogP contribution in [0.5, 0.6) is 0 Å². The van der Waals surface area contributed by atoms with Crippen LogP contribution < -0.4 is 38.1 Å². The normalized spacial score (nSPS) is 27.9. The van der Waals surface area contributed by atoms with E-state index >= 15 is 0 Å². The Hall–Kier alpha value is -1.72. The molecule has 2 fully saturated rings. The van der Waals surface area contributed by atoms with Crippen molar-refractivity contribution in [1.29, 1.82) is 0 Å². The van der Waals surface area contributed by atoms with Gasteiger partial charge >= 0.3 is 0 Å². The monoisotopic (exact) mass is 412 g/mol. The van der Waals surface area contributed by atoms with Crippen LogP contribution in [0.3, 0.4) is 0 Å². The molecule has 3 heterocycles. The lowest BCUT2D eigenvalue weighted by atomic mass is 10.0. The second-order valence-electron chi connectivity index (χ2n) is 7.89. The van der Waals surface area contributed by atoms with Gasteiger partial charge in [-0.05, 0) is 19.8 Å². The number of piperidine rings is 2. The fraction of sp³-hybridized carbons (Fsp3) is 0.706. The number of nitrogens with two attached hydrogens (primary N) is 4. The number of hydrogen-bond acceptors (Lipinski definition) is 10. The first-order valence-corrected chi connectivity index (χ1v) is 9.46. The maximum Gasteiger partial charge on any atom is 0.232 e. The number of anilines is 3. The van der Waals surface area contributed by atoms with Gasteiger partial charge in [-0.15, -0.1) is 12.4 Å². The van der Waals surface area contributed by atoms with Gasteiger partial charge in [0, 0.05) is 56.9 Å². The molecule has 0 saturated carbocycles. The first-order chi connectivity index (χ1) is 12.8. The highest BCUT2D eigenvalue weighted by Crippen LogP contribution is 2.22. The van der Waals surface area contributed by atoms with E-state index in [1.165, 1.54) is 0 Å². The minimum Gasteiger partial charge on any atom is -0.350 e. The zero-order valence-corrected chi connectivity index (χ0v) is 17.2. The molecule has 0 amide bonds. The van der Waals surface area contributed by atoms with Gasteiger partial charge in [-0.25, -0.2) is 0 Å². The molecule has 4 atom stereocenters. The molecule has 2 saturated heterocycles. The molecule has 10 nitrogen and oxygen atoms in total. The van der Waals surface area contributed by atoms with Gasteiger partial charge in [0.15, 0.2) is 0 Å². The van der Waals surface area contributed by atoms with Crippen molar-refractivity contribution in [3.05, 3.63) is 12.2 Å². The molecule has 0 bridgehead atoms. The summed E-state index contributed by atoms with van der Waals surface area (Å²) in [6.07, 6.45) is 1.59. The maximum absolute atomic E-state index is 6.14. The summed E-state index contributed by atoms with van der Waals surface area (Å²) in [6.45, 7) is 9.10. The molecule has 0 aromatic carbocycles. The maximum atomic E-state index is 6.14. The van der Waals surface area contributed by atoms with Crippen molar-refractivity contribution in [1.82, 2.24) is 15.0 Å². The first kappa shape index (κ1) is 22.6. The summed E-state index contributed by atoms with van der Waals surface area (Å²) in [5.41, 5.74) is 25.6. The zero-order chi connectivity index (χ0) is 19.6. The summed E-state index contributed by atoms with van der Waals surface area (Å²) < 4.78 is 0. The molecule has 0 radical (unpaired) electrons. The SMILES string of the molecule is C=C(C)CNc1nc(N2C[C@H](N)C[C@H](N)C2)nc(N2C[C@H](N)C[C@H](N)C2)n1.Cl. The third kappa shape index (κ3) is 5.89. The van der Waals surface area contributed by atoms with Gasteiger partial charge in [0.1, 0.15) is 0 Å². The Bertz CT molecular complexity index is 607. The van der Waals surface area contributed by atoms with Crippen LogP contribution in [-0.4, -0.2) is 71.8 Å². The summed E-state index contributed by atoms with van der Waals surface area (Å²) in [4.78, 5) is 17.9. The van der Waals surface area contributed by atoms with Gasteiger partial charge in [-0.1, -0.05) is 12.2 Å². The number of aromatic nitrogens is 3. The van der Waals surface area contributed by atoms with Crippen LogP contribution in [0.1, 0.15) is 19.8 Å². The van der Waals surface area contributed by atoms with E-state index in [0.29, 0.717) is 50.6 Å². The molecule has 1 aromatic heterocycles. The predicted molar refractivity (Wildman–Crippen MR) is 116 cm³/mol. The summed E-state index contributed by atoms with van der Waals surface area (Å²) in [6, 6.07) is -0.00880. The zero-order valence-electron chi connectivity index (χ0n) is 16.4. The molecule has 2 aliphatic heterocycles. The Morgan fingerprint density at radius 2 is 1.29 bits per heavy atom. The van der Waals surface area contributed by atoms with Crippen molar-refractivity contribution >= 4 is 30.3 Å². The fourth-order valence-corrected chi connectivity index (χ4v) is 3.63. The van der Waals surface area contributed by atoms with E-state index < -0.39 is 0 Å². The van der Waals surface area contributed by atoms with Crippen LogP contribution in [0.25, 0.3) is 0 Å². The van der Waals surface area contributed by atoms with E-state index in [1.807, 2.05) is 16.7 Å². The lowest BCUT2D eigenvalue weighted by Gasteiger charge is -2.37. The van der Waals surface area contributed by atoms with E-state index in [1.54, 1.807) is 0 Å². The van der Waals surface area contributed by atoms with Crippen molar-refractivity contribution in [3.63, 3.8) is 0 Å². The smallest absolute Gasteiger partial charge is 0.232 e. The molecular weight excluding hydrogens is 380 g/mol. The first-order valence-electron chi connectivity index (χ1n) is 9.46. The molecular formula is C17H33ClN10. The fourth-order valence-electron chi connectivity index (χ4n) is 3.63. The lowest BCUT2D eigenvalue weighted by Crippen LogP contribution is -2.54. The summed E-state index contributed by atoms with van der Waals surface area (Å²) in [5, 5.41) is 3.21. The van der Waals surface area contributed by atoms with Gasteiger partial charge in [0.2, 0.25) is 17.8 Å². The van der Waals surface area contributed by atoms with Crippen molar-refractivity contribution in [2.75, 3.05) is 47.8 Å². The molecule has 28 heavy (non-hydrogen) atoms. The summed E-state index contributed by atoms with van der Waals surface area (Å²) >= 11 is 0. The third-order valence-electron chi connectivity index (χ3n) is 4.76. The Balaban J connectivity index is 0.00000280. The highest BCUT2D eigenvalue weighted by molar-refractivity contribution is 5.85. The second kappa shape index (κ2) is 9.66. The van der Waals surface area contributed by atoms with Crippen LogP contribution in [0.15, 0.2) is 12.2 Å². The molecule has 158 valence electrons. The topological polar surface area (TPSA) is 161 Å². The molecule has 9 N–H and O–H groups in total.